The minimum absolute atomic E-state index is 0.139. The van der Waals surface area contributed by atoms with E-state index in [0.29, 0.717) is 10.8 Å². The van der Waals surface area contributed by atoms with Gasteiger partial charge < -0.3 is 4.74 Å². The van der Waals surface area contributed by atoms with Crippen LogP contribution in [0.1, 0.15) is 22.8 Å². The fraction of sp³-hybridized carbons (Fsp3) is 0.176. The molecular formula is C17H17ClN2O5S. The second-order valence-corrected chi connectivity index (χ2v) is 7.56. The third kappa shape index (κ3) is 5.29. The van der Waals surface area contributed by atoms with Gasteiger partial charge in [0.05, 0.1) is 4.90 Å². The van der Waals surface area contributed by atoms with Crippen LogP contribution in [0.2, 0.25) is 5.02 Å². The lowest BCUT2D eigenvalue weighted by Crippen LogP contribution is -2.43. The summed E-state index contributed by atoms with van der Waals surface area (Å²) in [7, 11) is -4.02. The van der Waals surface area contributed by atoms with Crippen molar-refractivity contribution < 1.29 is 22.7 Å². The minimum atomic E-state index is -4.02. The van der Waals surface area contributed by atoms with E-state index >= 15 is 0 Å². The van der Waals surface area contributed by atoms with Gasteiger partial charge in [0.2, 0.25) is 0 Å². The first-order chi connectivity index (χ1) is 12.2. The zero-order valence-electron chi connectivity index (χ0n) is 14.1. The van der Waals surface area contributed by atoms with Crippen LogP contribution >= 0.6 is 11.6 Å². The molecule has 9 heteroatoms. The summed E-state index contributed by atoms with van der Waals surface area (Å²) in [6.07, 6.45) is 0. The van der Waals surface area contributed by atoms with Gasteiger partial charge in [-0.2, -0.15) is 0 Å². The van der Waals surface area contributed by atoms with E-state index in [0.717, 1.165) is 5.56 Å². The van der Waals surface area contributed by atoms with E-state index in [2.05, 4.69) is 5.43 Å². The largest absolute Gasteiger partial charge is 0.483 e. The van der Waals surface area contributed by atoms with Gasteiger partial charge in [-0.25, -0.2) is 8.42 Å². The van der Waals surface area contributed by atoms with Crippen molar-refractivity contribution in [2.45, 2.75) is 18.7 Å². The molecule has 0 saturated carbocycles. The minimum Gasteiger partial charge on any atom is -0.483 e. The van der Waals surface area contributed by atoms with Crippen molar-refractivity contribution in [3.63, 3.8) is 0 Å². The van der Waals surface area contributed by atoms with Gasteiger partial charge in [-0.3, -0.25) is 15.0 Å². The Bertz CT molecular complexity index is 944. The Hall–Kier alpha value is -2.42. The molecule has 1 amide bonds. The molecule has 0 radical (unpaired) electrons. The molecule has 7 nitrogen and oxygen atoms in total. The topological polar surface area (TPSA) is 102 Å². The number of sulfonamides is 1. The fourth-order valence-electron chi connectivity index (χ4n) is 2.02. The average molecular weight is 397 g/mol. The molecule has 2 N–H and O–H groups in total. The molecule has 138 valence electrons. The SMILES string of the molecule is CC(=O)c1cccc(S(=O)(=O)NNC(=O)COc2ccc(Cl)cc2C)c1. The smallest absolute Gasteiger partial charge is 0.272 e. The first-order valence-electron chi connectivity index (χ1n) is 7.49. The maximum absolute atomic E-state index is 12.2. The molecule has 0 aliphatic carbocycles. The molecule has 0 fully saturated rings. The van der Waals surface area contributed by atoms with Gasteiger partial charge in [0.1, 0.15) is 5.75 Å². The highest BCUT2D eigenvalue weighted by molar-refractivity contribution is 7.89. The molecule has 26 heavy (non-hydrogen) atoms. The molecular weight excluding hydrogens is 380 g/mol. The number of aryl methyl sites for hydroxylation is 1. The molecule has 0 aliphatic rings. The molecule has 0 unspecified atom stereocenters. The monoisotopic (exact) mass is 396 g/mol. The van der Waals surface area contributed by atoms with Crippen LogP contribution in [0.5, 0.6) is 5.75 Å². The van der Waals surface area contributed by atoms with Gasteiger partial charge in [-0.05, 0) is 49.7 Å². The predicted molar refractivity (Wildman–Crippen MR) is 96.6 cm³/mol. The number of rotatable bonds is 7. The van der Waals surface area contributed by atoms with Crippen molar-refractivity contribution in [1.82, 2.24) is 10.3 Å². The van der Waals surface area contributed by atoms with Crippen LogP contribution in [0.15, 0.2) is 47.4 Å². The number of nitrogens with one attached hydrogen (secondary N) is 2. The van der Waals surface area contributed by atoms with E-state index < -0.39 is 22.5 Å². The van der Waals surface area contributed by atoms with Crippen LogP contribution in [-0.2, 0) is 14.8 Å². The quantitative estimate of drug-likeness (QED) is 0.552. The standard InChI is InChI=1S/C17H17ClN2O5S/c1-11-8-14(18)6-7-16(11)25-10-17(22)19-20-26(23,24)15-5-3-4-13(9-15)12(2)21/h3-9,20H,10H2,1-2H3,(H,19,22). The first kappa shape index (κ1) is 19.9. The first-order valence-corrected chi connectivity index (χ1v) is 9.36. The summed E-state index contributed by atoms with van der Waals surface area (Å²) in [5.74, 6) is -0.495. The Balaban J connectivity index is 1.95. The number of amides is 1. The zero-order chi connectivity index (χ0) is 19.3. The number of hydrogen-bond donors (Lipinski definition) is 2. The second kappa shape index (κ2) is 8.31. The van der Waals surface area contributed by atoms with E-state index in [1.807, 2.05) is 4.83 Å². The van der Waals surface area contributed by atoms with Crippen molar-refractivity contribution in [3.8, 4) is 5.75 Å². The van der Waals surface area contributed by atoms with Crippen LogP contribution < -0.4 is 15.0 Å². The normalized spacial score (nSPS) is 11.0. The zero-order valence-corrected chi connectivity index (χ0v) is 15.6. The number of carbonyl (C=O) groups excluding carboxylic acids is 2. The molecule has 0 spiro atoms. The van der Waals surface area contributed by atoms with Gasteiger partial charge in [0.25, 0.3) is 15.9 Å². The second-order valence-electron chi connectivity index (χ2n) is 5.44. The van der Waals surface area contributed by atoms with Gasteiger partial charge in [-0.15, -0.1) is 4.83 Å². The van der Waals surface area contributed by atoms with Crippen molar-refractivity contribution in [3.05, 3.63) is 58.6 Å². The summed E-state index contributed by atoms with van der Waals surface area (Å²) < 4.78 is 29.7. The molecule has 2 rings (SSSR count). The third-order valence-corrected chi connectivity index (χ3v) is 4.85. The number of benzene rings is 2. The summed E-state index contributed by atoms with van der Waals surface area (Å²) in [5, 5.41) is 0.542. The van der Waals surface area contributed by atoms with Crippen molar-refractivity contribution in [1.29, 1.82) is 0 Å². The van der Waals surface area contributed by atoms with Crippen molar-refractivity contribution >= 4 is 33.3 Å². The lowest BCUT2D eigenvalue weighted by atomic mass is 10.2. The summed E-state index contributed by atoms with van der Waals surface area (Å²) in [6, 6.07) is 10.4. The number of Topliss-reactive ketones (excluding diaryl/α,β-unsaturated/α-hetero) is 1. The highest BCUT2D eigenvalue weighted by Crippen LogP contribution is 2.21. The van der Waals surface area contributed by atoms with Crippen LogP contribution in [0.3, 0.4) is 0 Å². The van der Waals surface area contributed by atoms with Crippen LogP contribution in [0, 0.1) is 6.92 Å². The Labute approximate surface area is 156 Å². The summed E-state index contributed by atoms with van der Waals surface area (Å²) in [6.45, 7) is 2.71. The Morgan fingerprint density at radius 3 is 2.54 bits per heavy atom. The van der Waals surface area contributed by atoms with Crippen LogP contribution in [0.25, 0.3) is 0 Å². The number of ketones is 1. The number of halogens is 1. The van der Waals surface area contributed by atoms with Gasteiger partial charge in [0, 0.05) is 10.6 Å². The van der Waals surface area contributed by atoms with E-state index in [1.165, 1.54) is 31.2 Å². The maximum Gasteiger partial charge on any atom is 0.272 e. The van der Waals surface area contributed by atoms with Crippen LogP contribution in [0.4, 0.5) is 0 Å². The highest BCUT2D eigenvalue weighted by Gasteiger charge is 2.16. The molecule has 0 heterocycles. The Morgan fingerprint density at radius 1 is 1.15 bits per heavy atom. The highest BCUT2D eigenvalue weighted by atomic mass is 35.5. The molecule has 2 aromatic rings. The fourth-order valence-corrected chi connectivity index (χ4v) is 3.15. The molecule has 0 bridgehead atoms. The molecule has 0 aromatic heterocycles. The number of hydrazine groups is 1. The molecule has 0 saturated heterocycles. The van der Waals surface area contributed by atoms with E-state index in [9.17, 15) is 18.0 Å². The lowest BCUT2D eigenvalue weighted by molar-refractivity contribution is -0.123. The molecule has 0 atom stereocenters. The third-order valence-electron chi connectivity index (χ3n) is 3.37. The Morgan fingerprint density at radius 2 is 1.88 bits per heavy atom. The summed E-state index contributed by atoms with van der Waals surface area (Å²) >= 11 is 5.84. The maximum atomic E-state index is 12.2. The average Bonchev–Trinajstić information content (AvgIpc) is 2.59. The number of carbonyl (C=O) groups is 2. The number of hydrogen-bond acceptors (Lipinski definition) is 5. The molecule has 2 aromatic carbocycles. The van der Waals surface area contributed by atoms with E-state index in [4.69, 9.17) is 16.3 Å². The van der Waals surface area contributed by atoms with E-state index in [1.54, 1.807) is 25.1 Å². The number of ether oxygens (including phenoxy) is 1. The molecule has 0 aliphatic heterocycles. The van der Waals surface area contributed by atoms with Crippen molar-refractivity contribution in [2.24, 2.45) is 0 Å². The lowest BCUT2D eigenvalue weighted by Gasteiger charge is -2.11. The van der Waals surface area contributed by atoms with Crippen molar-refractivity contribution in [2.75, 3.05) is 6.61 Å². The van der Waals surface area contributed by atoms with Gasteiger partial charge in [0.15, 0.2) is 12.4 Å². The Kier molecular flexibility index (Phi) is 6.36. The van der Waals surface area contributed by atoms with E-state index in [-0.39, 0.29) is 16.2 Å². The van der Waals surface area contributed by atoms with Crippen LogP contribution in [-0.4, -0.2) is 26.7 Å². The summed E-state index contributed by atoms with van der Waals surface area (Å²) in [4.78, 5) is 25.0. The summed E-state index contributed by atoms with van der Waals surface area (Å²) in [5.41, 5.74) is 3.05. The van der Waals surface area contributed by atoms with Gasteiger partial charge >= 0.3 is 0 Å². The van der Waals surface area contributed by atoms with Gasteiger partial charge in [-0.1, -0.05) is 23.7 Å². The predicted octanol–water partition coefficient (Wildman–Crippen LogP) is 2.24.